The van der Waals surface area contributed by atoms with Crippen molar-refractivity contribution in [3.05, 3.63) is 29.2 Å². The summed E-state index contributed by atoms with van der Waals surface area (Å²) in [6, 6.07) is 3.05. The van der Waals surface area contributed by atoms with Crippen LogP contribution in [0.25, 0.3) is 0 Å². The van der Waals surface area contributed by atoms with E-state index in [0.717, 1.165) is 0 Å². The number of hydrazone groups is 1. The lowest BCUT2D eigenvalue weighted by molar-refractivity contribution is -0.145. The number of hydrogen-bond acceptors (Lipinski definition) is 6. The summed E-state index contributed by atoms with van der Waals surface area (Å²) in [5.74, 6) is -2.03. The van der Waals surface area contributed by atoms with Crippen molar-refractivity contribution in [1.82, 2.24) is 25.2 Å². The Kier molecular flexibility index (Phi) is 5.19. The first-order chi connectivity index (χ1) is 10.6. The molecule has 14 heteroatoms. The Labute approximate surface area is 146 Å². The molecule has 0 aromatic carbocycles. The average Bonchev–Trinajstić information content (AvgIpc) is 2.89. The molecule has 0 atom stereocenters. The third kappa shape index (κ3) is 4.56. The number of alkyl halides is 6. The fourth-order valence-corrected chi connectivity index (χ4v) is 1.73. The van der Waals surface area contributed by atoms with Gasteiger partial charge in [0.15, 0.2) is 5.82 Å². The Bertz CT molecular complexity index is 724. The van der Waals surface area contributed by atoms with Crippen molar-refractivity contribution in [2.45, 2.75) is 9.97 Å². The van der Waals surface area contributed by atoms with Gasteiger partial charge in [0.05, 0.1) is 5.02 Å². The smallest absolute Gasteiger partial charge is 0.258 e. The van der Waals surface area contributed by atoms with Crippen LogP contribution in [0.5, 0.6) is 0 Å². The first-order valence-corrected chi connectivity index (χ1v) is 6.99. The van der Waals surface area contributed by atoms with Crippen molar-refractivity contribution in [3.8, 4) is 0 Å². The lowest BCUT2D eigenvalue weighted by Gasteiger charge is -2.13. The van der Waals surface area contributed by atoms with Crippen LogP contribution in [0.15, 0.2) is 23.4 Å². The van der Waals surface area contributed by atoms with Gasteiger partial charge in [-0.25, -0.2) is 4.98 Å². The standard InChI is InChI=1S/C9H4Cl4F3N7/c10-4-2-1-3-17-5(4)18-20-7(8(11,12)13)23-21-6(19-22-23)9(14,15)16/h1-3H,(H,17,18)/b20-7-. The van der Waals surface area contributed by atoms with E-state index in [4.69, 9.17) is 46.4 Å². The van der Waals surface area contributed by atoms with E-state index in [2.05, 4.69) is 30.9 Å². The molecule has 23 heavy (non-hydrogen) atoms. The van der Waals surface area contributed by atoms with Gasteiger partial charge in [0.2, 0.25) is 5.84 Å². The monoisotopic (exact) mass is 407 g/mol. The second kappa shape index (κ2) is 6.63. The summed E-state index contributed by atoms with van der Waals surface area (Å²) in [5, 5.41) is 12.9. The van der Waals surface area contributed by atoms with Crippen LogP contribution in [0, 0.1) is 0 Å². The van der Waals surface area contributed by atoms with E-state index in [-0.39, 0.29) is 10.8 Å². The van der Waals surface area contributed by atoms with Crippen LogP contribution in [0.4, 0.5) is 19.0 Å². The number of hydrogen-bond donors (Lipinski definition) is 1. The molecule has 0 amide bonds. The number of rotatable bonds is 2. The number of halogens is 7. The Morgan fingerprint density at radius 1 is 1.26 bits per heavy atom. The zero-order valence-electron chi connectivity index (χ0n) is 10.6. The molecule has 0 aliphatic heterocycles. The van der Waals surface area contributed by atoms with Crippen molar-refractivity contribution in [3.63, 3.8) is 0 Å². The van der Waals surface area contributed by atoms with E-state index in [0.29, 0.717) is 4.80 Å². The first-order valence-electron chi connectivity index (χ1n) is 5.48. The highest BCUT2D eigenvalue weighted by atomic mass is 35.6. The lowest BCUT2D eigenvalue weighted by atomic mass is 10.5. The van der Waals surface area contributed by atoms with Crippen LogP contribution in [0.1, 0.15) is 5.82 Å². The molecular weight excluding hydrogens is 405 g/mol. The molecule has 0 aliphatic carbocycles. The van der Waals surface area contributed by atoms with Gasteiger partial charge in [0.25, 0.3) is 9.62 Å². The largest absolute Gasteiger partial charge is 0.455 e. The fourth-order valence-electron chi connectivity index (χ4n) is 1.21. The van der Waals surface area contributed by atoms with Crippen LogP contribution in [0.2, 0.25) is 5.02 Å². The third-order valence-electron chi connectivity index (χ3n) is 2.14. The predicted molar refractivity (Wildman–Crippen MR) is 78.8 cm³/mol. The molecule has 0 bridgehead atoms. The van der Waals surface area contributed by atoms with Crippen LogP contribution in [-0.4, -0.2) is 34.8 Å². The summed E-state index contributed by atoms with van der Waals surface area (Å²) in [4.78, 5) is 4.18. The number of tetrazole rings is 1. The Balaban J connectivity index is 2.37. The zero-order valence-corrected chi connectivity index (χ0v) is 13.6. The average molecular weight is 409 g/mol. The molecule has 2 rings (SSSR count). The van der Waals surface area contributed by atoms with Crippen LogP contribution >= 0.6 is 46.4 Å². The summed E-state index contributed by atoms with van der Waals surface area (Å²) in [5.41, 5.74) is 2.35. The minimum Gasteiger partial charge on any atom is -0.258 e. The molecule has 7 nitrogen and oxygen atoms in total. The molecule has 0 unspecified atom stereocenters. The van der Waals surface area contributed by atoms with E-state index < -0.39 is 21.6 Å². The summed E-state index contributed by atoms with van der Waals surface area (Å²) in [7, 11) is 0. The molecule has 1 N–H and O–H groups in total. The van der Waals surface area contributed by atoms with Gasteiger partial charge in [-0.2, -0.15) is 18.3 Å². The molecule has 0 saturated heterocycles. The number of anilines is 1. The zero-order chi connectivity index (χ0) is 17.3. The SMILES string of the molecule is FC(F)(F)c1nnn(/C(=N\Nc2ncccc2Cl)C(Cl)(Cl)Cl)n1. The van der Waals surface area contributed by atoms with Crippen molar-refractivity contribution >= 4 is 58.1 Å². The summed E-state index contributed by atoms with van der Waals surface area (Å²) < 4.78 is 35.3. The second-order valence-electron chi connectivity index (χ2n) is 3.78. The van der Waals surface area contributed by atoms with E-state index in [9.17, 15) is 13.2 Å². The quantitative estimate of drug-likeness (QED) is 0.356. The number of pyridine rings is 1. The van der Waals surface area contributed by atoms with Crippen molar-refractivity contribution in [2.75, 3.05) is 5.43 Å². The first kappa shape index (κ1) is 18.0. The minimum absolute atomic E-state index is 0.0806. The fraction of sp³-hybridized carbons (Fsp3) is 0.222. The lowest BCUT2D eigenvalue weighted by Crippen LogP contribution is -2.31. The van der Waals surface area contributed by atoms with Gasteiger partial charge in [0, 0.05) is 6.20 Å². The van der Waals surface area contributed by atoms with Crippen molar-refractivity contribution in [2.24, 2.45) is 5.10 Å². The Hall–Kier alpha value is -1.36. The highest BCUT2D eigenvalue weighted by molar-refractivity contribution is 6.76. The van der Waals surface area contributed by atoms with Crippen LogP contribution in [-0.2, 0) is 6.18 Å². The van der Waals surface area contributed by atoms with Gasteiger partial charge >= 0.3 is 6.18 Å². The molecule has 0 aliphatic rings. The van der Waals surface area contributed by atoms with Gasteiger partial charge in [-0.3, -0.25) is 5.43 Å². The molecule has 0 spiro atoms. The molecule has 2 heterocycles. The Morgan fingerprint density at radius 2 is 1.96 bits per heavy atom. The summed E-state index contributed by atoms with van der Waals surface area (Å²) in [6.45, 7) is 0. The number of nitrogens with zero attached hydrogens (tertiary/aromatic N) is 6. The van der Waals surface area contributed by atoms with E-state index in [1.807, 2.05) is 0 Å². The molecule has 0 radical (unpaired) electrons. The topological polar surface area (TPSA) is 80.9 Å². The van der Waals surface area contributed by atoms with Gasteiger partial charge in [0.1, 0.15) is 0 Å². The van der Waals surface area contributed by atoms with E-state index >= 15 is 0 Å². The van der Waals surface area contributed by atoms with Crippen LogP contribution in [0.3, 0.4) is 0 Å². The second-order valence-corrected chi connectivity index (χ2v) is 6.47. The predicted octanol–water partition coefficient (Wildman–Crippen LogP) is 3.38. The number of nitrogens with one attached hydrogen (secondary N) is 1. The third-order valence-corrected chi connectivity index (χ3v) is 2.95. The highest BCUT2D eigenvalue weighted by Gasteiger charge is 2.39. The molecule has 0 saturated carbocycles. The molecule has 2 aromatic heterocycles. The number of aromatic nitrogens is 5. The maximum absolute atomic E-state index is 12.5. The molecule has 124 valence electrons. The Morgan fingerprint density at radius 3 is 2.48 bits per heavy atom. The highest BCUT2D eigenvalue weighted by Crippen LogP contribution is 2.30. The summed E-state index contributed by atoms with van der Waals surface area (Å²) >= 11 is 22.8. The maximum Gasteiger partial charge on any atom is 0.455 e. The van der Waals surface area contributed by atoms with Gasteiger partial charge < -0.3 is 0 Å². The van der Waals surface area contributed by atoms with Gasteiger partial charge in [-0.05, 0) is 17.3 Å². The molecule has 0 fully saturated rings. The minimum atomic E-state index is -4.81. The van der Waals surface area contributed by atoms with Crippen molar-refractivity contribution < 1.29 is 13.2 Å². The molecule has 2 aromatic rings. The normalized spacial score (nSPS) is 13.3. The van der Waals surface area contributed by atoms with Gasteiger partial charge in [-0.1, -0.05) is 46.4 Å². The van der Waals surface area contributed by atoms with Crippen molar-refractivity contribution in [1.29, 1.82) is 0 Å². The van der Waals surface area contributed by atoms with Crippen LogP contribution < -0.4 is 5.43 Å². The van der Waals surface area contributed by atoms with E-state index in [1.165, 1.54) is 12.3 Å². The maximum atomic E-state index is 12.5. The summed E-state index contributed by atoms with van der Waals surface area (Å²) in [6.07, 6.45) is -3.41. The van der Waals surface area contributed by atoms with Gasteiger partial charge in [-0.15, -0.1) is 15.0 Å². The van der Waals surface area contributed by atoms with E-state index in [1.54, 1.807) is 6.07 Å². The molecular formula is C9H4Cl4F3N7.